The summed E-state index contributed by atoms with van der Waals surface area (Å²) in [5, 5.41) is 7.29. The predicted octanol–water partition coefficient (Wildman–Crippen LogP) is 5.15. The van der Waals surface area contributed by atoms with Crippen LogP contribution >= 0.6 is 0 Å². The molecule has 11 heteroatoms. The zero-order chi connectivity index (χ0) is 32.2. The smallest absolute Gasteiger partial charge is 0.340 e. The molecule has 1 amide bonds. The van der Waals surface area contributed by atoms with E-state index in [1.54, 1.807) is 29.6 Å². The van der Waals surface area contributed by atoms with E-state index in [2.05, 4.69) is 29.2 Å². The largest absolute Gasteiger partial charge is 0.464 e. The van der Waals surface area contributed by atoms with Crippen molar-refractivity contribution >= 4 is 29.1 Å². The summed E-state index contributed by atoms with van der Waals surface area (Å²) in [6.07, 6.45) is 1.95. The van der Waals surface area contributed by atoms with Gasteiger partial charge in [-0.1, -0.05) is 32.4 Å². The number of piperidine rings is 1. The van der Waals surface area contributed by atoms with Gasteiger partial charge >= 0.3 is 5.97 Å². The van der Waals surface area contributed by atoms with Crippen LogP contribution in [0.4, 0.5) is 10.2 Å². The Hall–Kier alpha value is -3.86. The third-order valence-corrected chi connectivity index (χ3v) is 8.16. The Balaban J connectivity index is 1.71. The number of esters is 1. The van der Waals surface area contributed by atoms with Crippen LogP contribution in [0.2, 0.25) is 0 Å². The molecule has 44 heavy (non-hydrogen) atoms. The minimum Gasteiger partial charge on any atom is -0.464 e. The van der Waals surface area contributed by atoms with E-state index in [1.807, 2.05) is 27.7 Å². The molecule has 3 heterocycles. The van der Waals surface area contributed by atoms with Gasteiger partial charge in [0.25, 0.3) is 5.91 Å². The third-order valence-electron chi connectivity index (χ3n) is 8.16. The van der Waals surface area contributed by atoms with Crippen molar-refractivity contribution in [2.45, 2.75) is 85.9 Å². The van der Waals surface area contributed by atoms with E-state index < -0.39 is 23.6 Å². The molecule has 0 aliphatic carbocycles. The van der Waals surface area contributed by atoms with E-state index in [4.69, 9.17) is 14.5 Å². The molecule has 0 spiro atoms. The number of carbonyl (C=O) groups excluding carboxylic acids is 3. The van der Waals surface area contributed by atoms with Crippen molar-refractivity contribution in [2.75, 3.05) is 31.1 Å². The number of amides is 1. The fourth-order valence-corrected chi connectivity index (χ4v) is 5.41. The van der Waals surface area contributed by atoms with Crippen molar-refractivity contribution in [3.8, 4) is 0 Å². The zero-order valence-corrected chi connectivity index (χ0v) is 26.8. The molecular formula is C33H44FN5O5. The molecule has 1 fully saturated rings. The highest BCUT2D eigenvalue weighted by Crippen LogP contribution is 2.40. The number of anilines is 1. The van der Waals surface area contributed by atoms with E-state index in [9.17, 15) is 18.8 Å². The molecule has 0 radical (unpaired) electrons. The molecule has 1 aromatic carbocycles. The highest BCUT2D eigenvalue weighted by molar-refractivity contribution is 5.96. The van der Waals surface area contributed by atoms with Crippen molar-refractivity contribution in [2.24, 2.45) is 5.41 Å². The number of Topliss-reactive ketones (excluding diaryl/α,β-unsaturated/α-hetero) is 1. The first-order valence-corrected chi connectivity index (χ1v) is 15.3. The maximum Gasteiger partial charge on any atom is 0.340 e. The van der Waals surface area contributed by atoms with Crippen LogP contribution in [0, 0.1) is 18.2 Å². The van der Waals surface area contributed by atoms with Gasteiger partial charge in [-0.2, -0.15) is 9.61 Å². The van der Waals surface area contributed by atoms with Crippen molar-refractivity contribution < 1.29 is 28.2 Å². The molecule has 2 aromatic heterocycles. The van der Waals surface area contributed by atoms with Crippen LogP contribution < -0.4 is 10.2 Å². The molecule has 0 saturated carbocycles. The number of ether oxygens (including phenoxy) is 2. The first-order valence-electron chi connectivity index (χ1n) is 15.3. The van der Waals surface area contributed by atoms with E-state index in [1.165, 1.54) is 12.1 Å². The van der Waals surface area contributed by atoms with Crippen LogP contribution in [-0.2, 0) is 25.5 Å². The van der Waals surface area contributed by atoms with Gasteiger partial charge < -0.3 is 19.7 Å². The highest BCUT2D eigenvalue weighted by Gasteiger charge is 2.37. The van der Waals surface area contributed by atoms with Crippen LogP contribution in [0.25, 0.3) is 5.65 Å². The van der Waals surface area contributed by atoms with E-state index in [0.29, 0.717) is 28.3 Å². The highest BCUT2D eigenvalue weighted by atomic mass is 19.1. The summed E-state index contributed by atoms with van der Waals surface area (Å²) in [5.74, 6) is -1.02. The quantitative estimate of drug-likeness (QED) is 0.297. The van der Waals surface area contributed by atoms with Crippen LogP contribution in [-0.4, -0.2) is 64.1 Å². The fourth-order valence-electron chi connectivity index (χ4n) is 5.41. The van der Waals surface area contributed by atoms with Crippen molar-refractivity contribution in [3.05, 3.63) is 58.7 Å². The lowest BCUT2D eigenvalue weighted by Gasteiger charge is -2.41. The van der Waals surface area contributed by atoms with E-state index in [-0.39, 0.29) is 42.3 Å². The molecule has 1 aliphatic heterocycles. The minimum atomic E-state index is -1.06. The second kappa shape index (κ2) is 13.4. The first kappa shape index (κ1) is 33.0. The Labute approximate surface area is 258 Å². The fraction of sp³-hybridized carbons (Fsp3) is 0.545. The first-order chi connectivity index (χ1) is 20.7. The summed E-state index contributed by atoms with van der Waals surface area (Å²) in [4.78, 5) is 46.0. The minimum absolute atomic E-state index is 0.0641. The van der Waals surface area contributed by atoms with E-state index in [0.717, 1.165) is 32.4 Å². The molecule has 238 valence electrons. The number of ketones is 1. The Morgan fingerprint density at radius 1 is 1.11 bits per heavy atom. The zero-order valence-electron chi connectivity index (χ0n) is 26.8. The van der Waals surface area contributed by atoms with Gasteiger partial charge in [-0.15, -0.1) is 0 Å². The number of hydrogen-bond acceptors (Lipinski definition) is 8. The number of fused-ring (bicyclic) bond motifs is 1. The Morgan fingerprint density at radius 2 is 1.77 bits per heavy atom. The Morgan fingerprint density at radius 3 is 2.36 bits per heavy atom. The van der Waals surface area contributed by atoms with Gasteiger partial charge in [0, 0.05) is 31.3 Å². The molecule has 3 aromatic rings. The molecule has 1 aliphatic rings. The molecule has 4 rings (SSSR count). The third kappa shape index (κ3) is 7.80. The second-order valence-electron chi connectivity index (χ2n) is 12.8. The molecule has 0 unspecified atom stereocenters. The van der Waals surface area contributed by atoms with Gasteiger partial charge in [0.05, 0.1) is 24.3 Å². The number of halogens is 1. The lowest BCUT2D eigenvalue weighted by atomic mass is 9.78. The van der Waals surface area contributed by atoms with Gasteiger partial charge in [0.2, 0.25) is 0 Å². The van der Waals surface area contributed by atoms with Crippen molar-refractivity contribution in [1.82, 2.24) is 19.9 Å². The van der Waals surface area contributed by atoms with Gasteiger partial charge in [-0.3, -0.25) is 9.59 Å². The molecule has 10 nitrogen and oxygen atoms in total. The molecule has 1 saturated heterocycles. The average molecular weight is 610 g/mol. The SMILES string of the molecule is CCOC(=O)[C@@H](OC(C)(C)C)c1c(C)nc2cc(C(=O)NCC(=O)Cc3ccc(F)cc3)nn2c1N1CCC(C)(CC)CC1. The lowest BCUT2D eigenvalue weighted by molar-refractivity contribution is -0.166. The number of nitrogens with zero attached hydrogens (tertiary/aromatic N) is 4. The number of carbonyl (C=O) groups is 3. The van der Waals surface area contributed by atoms with Crippen LogP contribution in [0.5, 0.6) is 0 Å². The Kier molecular flexibility index (Phi) is 10.1. The summed E-state index contributed by atoms with van der Waals surface area (Å²) in [6, 6.07) is 7.25. The van der Waals surface area contributed by atoms with Gasteiger partial charge in [0.15, 0.2) is 23.2 Å². The normalized spacial score (nSPS) is 15.7. The summed E-state index contributed by atoms with van der Waals surface area (Å²) < 4.78 is 26.6. The number of benzene rings is 1. The topological polar surface area (TPSA) is 115 Å². The maximum absolute atomic E-state index is 13.4. The second-order valence-corrected chi connectivity index (χ2v) is 12.8. The summed E-state index contributed by atoms with van der Waals surface area (Å²) >= 11 is 0. The van der Waals surface area contributed by atoms with Crippen LogP contribution in [0.1, 0.15) is 94.2 Å². The van der Waals surface area contributed by atoms with Gasteiger partial charge in [0.1, 0.15) is 11.6 Å². The molecule has 0 bridgehead atoms. The Bertz CT molecular complexity index is 1500. The number of hydrogen-bond donors (Lipinski definition) is 1. The summed E-state index contributed by atoms with van der Waals surface area (Å²) in [7, 11) is 0. The lowest BCUT2D eigenvalue weighted by Crippen LogP contribution is -2.41. The van der Waals surface area contributed by atoms with E-state index >= 15 is 0 Å². The van der Waals surface area contributed by atoms with Gasteiger partial charge in [-0.25, -0.2) is 14.2 Å². The predicted molar refractivity (Wildman–Crippen MR) is 165 cm³/mol. The molecule has 1 atom stereocenters. The number of aromatic nitrogens is 3. The monoisotopic (exact) mass is 609 g/mol. The number of rotatable bonds is 11. The van der Waals surface area contributed by atoms with Crippen molar-refractivity contribution in [1.29, 1.82) is 0 Å². The standard InChI is InChI=1S/C33H44FN5O5/c1-8-33(7)14-16-38(17-15-33)30-27(28(31(42)43-9-2)44-32(4,5)6)21(3)36-26-19-25(37-39(26)30)29(41)35-20-24(40)18-22-10-12-23(34)13-11-22/h10-13,19,28H,8-9,14-18,20H2,1-7H3,(H,35,41)/t28-/m0/s1. The molecule has 1 N–H and O–H groups in total. The molecular weight excluding hydrogens is 565 g/mol. The summed E-state index contributed by atoms with van der Waals surface area (Å²) in [6.45, 7) is 15.1. The van der Waals surface area contributed by atoms with Gasteiger partial charge in [-0.05, 0) is 70.6 Å². The summed E-state index contributed by atoms with van der Waals surface area (Å²) in [5.41, 5.74) is 1.83. The number of nitrogens with one attached hydrogen (secondary N) is 1. The maximum atomic E-state index is 13.4. The van der Waals surface area contributed by atoms with Crippen molar-refractivity contribution in [3.63, 3.8) is 0 Å². The number of aryl methyl sites for hydroxylation is 1. The van der Waals surface area contributed by atoms with Crippen LogP contribution in [0.15, 0.2) is 30.3 Å². The average Bonchev–Trinajstić information content (AvgIpc) is 3.39. The van der Waals surface area contributed by atoms with Crippen LogP contribution in [0.3, 0.4) is 0 Å².